The van der Waals surface area contributed by atoms with Gasteiger partial charge in [-0.05, 0) is 30.7 Å². The minimum atomic E-state index is -0.259. The average Bonchev–Trinajstić information content (AvgIpc) is 2.79. The van der Waals surface area contributed by atoms with Crippen molar-refractivity contribution in [3.05, 3.63) is 53.6 Å². The number of halogens is 1. The summed E-state index contributed by atoms with van der Waals surface area (Å²) >= 11 is 1.51. The normalized spacial score (nSPS) is 10.8. The molecule has 0 spiro atoms. The van der Waals surface area contributed by atoms with E-state index in [1.54, 1.807) is 12.3 Å². The molecular weight excluding hydrogens is 261 g/mol. The first-order valence-corrected chi connectivity index (χ1v) is 6.74. The Labute approximate surface area is 114 Å². The van der Waals surface area contributed by atoms with Crippen LogP contribution in [0.2, 0.25) is 0 Å². The topological polar surface area (TPSA) is 37.8 Å². The lowest BCUT2D eigenvalue weighted by Crippen LogP contribution is -2.02. The minimum absolute atomic E-state index is 0.259. The molecule has 1 N–H and O–H groups in total. The first-order chi connectivity index (χ1) is 9.22. The van der Waals surface area contributed by atoms with E-state index in [4.69, 9.17) is 0 Å². The van der Waals surface area contributed by atoms with Gasteiger partial charge in [0.2, 0.25) is 0 Å². The molecule has 19 heavy (non-hydrogen) atoms. The molecule has 96 valence electrons. The van der Waals surface area contributed by atoms with Crippen LogP contribution in [0.1, 0.15) is 11.3 Å². The Morgan fingerprint density at radius 2 is 2.21 bits per heavy atom. The lowest BCUT2D eigenvalue weighted by molar-refractivity contribution is 0.629. The van der Waals surface area contributed by atoms with E-state index in [0.717, 1.165) is 21.1 Å². The van der Waals surface area contributed by atoms with Crippen molar-refractivity contribution in [1.29, 1.82) is 0 Å². The molecule has 0 aliphatic rings. The summed E-state index contributed by atoms with van der Waals surface area (Å²) in [5, 5.41) is 4.02. The molecule has 0 fully saturated rings. The maximum Gasteiger partial charge on any atom is 0.184 e. The zero-order valence-corrected chi connectivity index (χ0v) is 11.2. The number of rotatable bonds is 3. The largest absolute Gasteiger partial charge is 0.356 e. The number of anilines is 1. The molecule has 0 saturated carbocycles. The third kappa shape index (κ3) is 2.56. The summed E-state index contributed by atoms with van der Waals surface area (Å²) < 4.78 is 14.1. The zero-order valence-electron chi connectivity index (χ0n) is 10.4. The quantitative estimate of drug-likeness (QED) is 0.789. The highest BCUT2D eigenvalue weighted by atomic mass is 32.1. The highest BCUT2D eigenvalue weighted by Gasteiger charge is 2.05. The third-order valence-electron chi connectivity index (χ3n) is 2.87. The number of aromatic nitrogens is 2. The number of benzene rings is 1. The van der Waals surface area contributed by atoms with Crippen molar-refractivity contribution >= 4 is 26.7 Å². The molecule has 0 radical (unpaired) electrons. The summed E-state index contributed by atoms with van der Waals surface area (Å²) in [7, 11) is 0. The van der Waals surface area contributed by atoms with E-state index in [-0.39, 0.29) is 5.82 Å². The standard InChI is InChI=1S/C14H12FN3S/c1-9-3-2-6-16-12(9)8-17-14-18-11-7-10(15)4-5-13(11)19-14/h2-7H,8H2,1H3,(H,17,18). The molecule has 0 saturated heterocycles. The molecular formula is C14H12FN3S. The van der Waals surface area contributed by atoms with E-state index < -0.39 is 0 Å². The van der Waals surface area contributed by atoms with Gasteiger partial charge in [0.05, 0.1) is 22.5 Å². The summed E-state index contributed by atoms with van der Waals surface area (Å²) in [5.41, 5.74) is 2.82. The molecule has 5 heteroatoms. The summed E-state index contributed by atoms with van der Waals surface area (Å²) in [4.78, 5) is 8.67. The van der Waals surface area contributed by atoms with Crippen molar-refractivity contribution in [3.8, 4) is 0 Å². The van der Waals surface area contributed by atoms with Gasteiger partial charge < -0.3 is 5.32 Å². The van der Waals surface area contributed by atoms with Crippen molar-refractivity contribution in [1.82, 2.24) is 9.97 Å². The Kier molecular flexibility index (Phi) is 3.13. The van der Waals surface area contributed by atoms with Crippen molar-refractivity contribution in [2.24, 2.45) is 0 Å². The number of aryl methyl sites for hydroxylation is 1. The summed E-state index contributed by atoms with van der Waals surface area (Å²) in [6, 6.07) is 8.59. The number of fused-ring (bicyclic) bond motifs is 1. The number of hydrogen-bond acceptors (Lipinski definition) is 4. The predicted molar refractivity (Wildman–Crippen MR) is 75.9 cm³/mol. The lowest BCUT2D eigenvalue weighted by atomic mass is 10.2. The minimum Gasteiger partial charge on any atom is -0.356 e. The van der Waals surface area contributed by atoms with Gasteiger partial charge in [0.1, 0.15) is 5.82 Å². The van der Waals surface area contributed by atoms with E-state index in [0.29, 0.717) is 12.1 Å². The second-order valence-electron chi connectivity index (χ2n) is 4.25. The number of nitrogens with zero attached hydrogens (tertiary/aromatic N) is 2. The van der Waals surface area contributed by atoms with Gasteiger partial charge in [0.15, 0.2) is 5.13 Å². The van der Waals surface area contributed by atoms with Gasteiger partial charge in [-0.2, -0.15) is 0 Å². The van der Waals surface area contributed by atoms with E-state index in [9.17, 15) is 4.39 Å². The van der Waals surface area contributed by atoms with Gasteiger partial charge in [-0.25, -0.2) is 9.37 Å². The van der Waals surface area contributed by atoms with Gasteiger partial charge in [-0.15, -0.1) is 0 Å². The van der Waals surface area contributed by atoms with Crippen LogP contribution in [0.4, 0.5) is 9.52 Å². The van der Waals surface area contributed by atoms with E-state index >= 15 is 0 Å². The second-order valence-corrected chi connectivity index (χ2v) is 5.28. The van der Waals surface area contributed by atoms with Crippen LogP contribution in [-0.2, 0) is 6.54 Å². The lowest BCUT2D eigenvalue weighted by Gasteiger charge is -2.04. The Hall–Kier alpha value is -2.01. The van der Waals surface area contributed by atoms with Crippen molar-refractivity contribution in [3.63, 3.8) is 0 Å². The summed E-state index contributed by atoms with van der Waals surface area (Å²) in [6.07, 6.45) is 1.78. The number of hydrogen-bond donors (Lipinski definition) is 1. The van der Waals surface area contributed by atoms with Crippen LogP contribution in [-0.4, -0.2) is 9.97 Å². The van der Waals surface area contributed by atoms with Crippen LogP contribution >= 0.6 is 11.3 Å². The van der Waals surface area contributed by atoms with Crippen molar-refractivity contribution < 1.29 is 4.39 Å². The van der Waals surface area contributed by atoms with Crippen LogP contribution in [0, 0.1) is 12.7 Å². The van der Waals surface area contributed by atoms with Gasteiger partial charge in [0, 0.05) is 12.3 Å². The zero-order chi connectivity index (χ0) is 13.2. The molecule has 2 heterocycles. The molecule has 0 aliphatic heterocycles. The van der Waals surface area contributed by atoms with E-state index in [2.05, 4.69) is 15.3 Å². The molecule has 0 unspecified atom stereocenters. The SMILES string of the molecule is Cc1cccnc1CNc1nc2cc(F)ccc2s1. The maximum atomic E-state index is 13.1. The van der Waals surface area contributed by atoms with Gasteiger partial charge >= 0.3 is 0 Å². The van der Waals surface area contributed by atoms with Gasteiger partial charge in [-0.3, -0.25) is 4.98 Å². The molecule has 2 aromatic heterocycles. The fraction of sp³-hybridized carbons (Fsp3) is 0.143. The molecule has 0 bridgehead atoms. The molecule has 0 atom stereocenters. The van der Waals surface area contributed by atoms with E-state index in [1.807, 2.05) is 19.1 Å². The summed E-state index contributed by atoms with van der Waals surface area (Å²) in [6.45, 7) is 2.65. The first kappa shape index (κ1) is 12.0. The average molecular weight is 273 g/mol. The number of nitrogens with one attached hydrogen (secondary N) is 1. The number of thiazole rings is 1. The predicted octanol–water partition coefficient (Wildman–Crippen LogP) is 3.75. The van der Waals surface area contributed by atoms with Gasteiger partial charge in [-0.1, -0.05) is 17.4 Å². The Balaban J connectivity index is 1.80. The molecule has 0 amide bonds. The number of pyridine rings is 1. The maximum absolute atomic E-state index is 13.1. The Morgan fingerprint density at radius 3 is 3.05 bits per heavy atom. The van der Waals surface area contributed by atoms with Crippen LogP contribution in [0.15, 0.2) is 36.5 Å². The Bertz CT molecular complexity index is 724. The van der Waals surface area contributed by atoms with Crippen LogP contribution < -0.4 is 5.32 Å². The van der Waals surface area contributed by atoms with E-state index in [1.165, 1.54) is 23.5 Å². The molecule has 3 rings (SSSR count). The smallest absolute Gasteiger partial charge is 0.184 e. The highest BCUT2D eigenvalue weighted by molar-refractivity contribution is 7.22. The van der Waals surface area contributed by atoms with Crippen molar-refractivity contribution in [2.75, 3.05) is 5.32 Å². The first-order valence-electron chi connectivity index (χ1n) is 5.93. The molecule has 3 aromatic rings. The molecule has 0 aliphatic carbocycles. The fourth-order valence-corrected chi connectivity index (χ4v) is 2.68. The third-order valence-corrected chi connectivity index (χ3v) is 3.87. The second kappa shape index (κ2) is 4.93. The van der Waals surface area contributed by atoms with Crippen LogP contribution in [0.3, 0.4) is 0 Å². The molecule has 1 aromatic carbocycles. The van der Waals surface area contributed by atoms with Crippen molar-refractivity contribution in [2.45, 2.75) is 13.5 Å². The fourth-order valence-electron chi connectivity index (χ4n) is 1.84. The van der Waals surface area contributed by atoms with Crippen LogP contribution in [0.5, 0.6) is 0 Å². The summed E-state index contributed by atoms with van der Waals surface area (Å²) in [5.74, 6) is -0.259. The highest BCUT2D eigenvalue weighted by Crippen LogP contribution is 2.26. The monoisotopic (exact) mass is 273 g/mol. The molecule has 3 nitrogen and oxygen atoms in total. The van der Waals surface area contributed by atoms with Gasteiger partial charge in [0.25, 0.3) is 0 Å². The Morgan fingerprint density at radius 1 is 1.32 bits per heavy atom. The van der Waals surface area contributed by atoms with Crippen LogP contribution in [0.25, 0.3) is 10.2 Å².